The molecule has 0 radical (unpaired) electrons. The van der Waals surface area contributed by atoms with Gasteiger partial charge in [-0.1, -0.05) is 81.3 Å². The Balaban J connectivity index is 0.925. The molecule has 1 amide bonds. The molecule has 3 aliphatic rings. The molecule has 11 heteroatoms. The van der Waals surface area contributed by atoms with Crippen LogP contribution >= 0.6 is 11.8 Å². The standard InChI is InChI=1S/C53H72N6O3S2/c1-7-58(8-2)47-26-30-56(31-27-47)29-25-45(39-63-48-12-10-9-11-13-48)54-51-23-22-49(36-41(51)4)64(61,62)55-52(60)43-18-20-46(21-19-43)59-34-32-57(33-35-59)38-44-37-53(5,6)28-24-50(44)42-16-14-40(3)15-17-42/h9-23,36,45,47,54H,7-8,24-35,37-39H2,1-6H3,(H,55,60)/t45-/m1/s1. The SMILES string of the molecule is CCN(CC)C1CCN(CC[C@H](CSc2ccccc2)Nc2ccc(S(=O)(=O)NC(=O)c3ccc(N4CCN(CC5=C(c6ccc(C)cc6)CCC(C)(C)C5)CC4)cc3)cc2C)CC1. The van der Waals surface area contributed by atoms with E-state index in [1.165, 1.54) is 40.9 Å². The summed E-state index contributed by atoms with van der Waals surface area (Å²) in [5.74, 6) is 0.250. The molecule has 0 aromatic heterocycles. The molecule has 344 valence electrons. The van der Waals surface area contributed by atoms with Crippen LogP contribution in [0.15, 0.2) is 112 Å². The van der Waals surface area contributed by atoms with E-state index in [1.54, 1.807) is 29.8 Å². The molecule has 7 rings (SSSR count). The molecule has 2 fully saturated rings. The summed E-state index contributed by atoms with van der Waals surface area (Å²) in [6, 6.07) is 32.8. The zero-order chi connectivity index (χ0) is 45.3. The lowest BCUT2D eigenvalue weighted by Gasteiger charge is -2.39. The number of anilines is 2. The summed E-state index contributed by atoms with van der Waals surface area (Å²) < 4.78 is 29.5. The lowest BCUT2D eigenvalue weighted by molar-refractivity contribution is 0.0981. The van der Waals surface area contributed by atoms with Crippen molar-refractivity contribution in [2.75, 3.05) is 81.4 Å². The van der Waals surface area contributed by atoms with Gasteiger partial charge in [0.05, 0.1) is 4.90 Å². The summed E-state index contributed by atoms with van der Waals surface area (Å²) >= 11 is 1.84. The average Bonchev–Trinajstić information content (AvgIpc) is 3.29. The predicted octanol–water partition coefficient (Wildman–Crippen LogP) is 9.98. The van der Waals surface area contributed by atoms with E-state index >= 15 is 0 Å². The number of amides is 1. The third-order valence-corrected chi connectivity index (χ3v) is 16.3. The molecule has 0 unspecified atom stereocenters. The number of benzene rings is 4. The topological polar surface area (TPSA) is 88.2 Å². The minimum Gasteiger partial charge on any atom is -0.381 e. The highest BCUT2D eigenvalue weighted by Crippen LogP contribution is 2.43. The van der Waals surface area contributed by atoms with Gasteiger partial charge in [-0.3, -0.25) is 9.69 Å². The molecule has 2 heterocycles. The Bertz CT molecular complexity index is 2280. The fourth-order valence-corrected chi connectivity index (χ4v) is 11.9. The summed E-state index contributed by atoms with van der Waals surface area (Å²) in [4.78, 5) is 24.8. The lowest BCUT2D eigenvalue weighted by Crippen LogP contribution is -2.47. The third kappa shape index (κ3) is 12.8. The van der Waals surface area contributed by atoms with Gasteiger partial charge < -0.3 is 20.0 Å². The number of thioether (sulfide) groups is 1. The summed E-state index contributed by atoms with van der Waals surface area (Å²) in [6.45, 7) is 23.6. The fourth-order valence-electron chi connectivity index (χ4n) is 9.85. The van der Waals surface area contributed by atoms with Crippen molar-refractivity contribution in [3.05, 3.63) is 125 Å². The minimum absolute atomic E-state index is 0.0724. The normalized spacial score (nSPS) is 18.3. The number of rotatable bonds is 18. The van der Waals surface area contributed by atoms with Crippen LogP contribution in [0.4, 0.5) is 11.4 Å². The van der Waals surface area contributed by atoms with Crippen molar-refractivity contribution in [2.24, 2.45) is 5.41 Å². The highest BCUT2D eigenvalue weighted by molar-refractivity contribution is 7.99. The lowest BCUT2D eigenvalue weighted by atomic mass is 9.72. The second-order valence-electron chi connectivity index (χ2n) is 19.1. The maximum Gasteiger partial charge on any atom is 0.264 e. The number of piperazine rings is 1. The maximum absolute atomic E-state index is 13.6. The summed E-state index contributed by atoms with van der Waals surface area (Å²) in [5, 5.41) is 3.77. The van der Waals surface area contributed by atoms with Gasteiger partial charge in [-0.15, -0.1) is 11.8 Å². The van der Waals surface area contributed by atoms with E-state index in [4.69, 9.17) is 0 Å². The van der Waals surface area contributed by atoms with Crippen molar-refractivity contribution in [2.45, 2.75) is 102 Å². The molecule has 4 aromatic rings. The number of carbonyl (C=O) groups is 1. The van der Waals surface area contributed by atoms with Crippen LogP contribution in [-0.2, 0) is 10.0 Å². The zero-order valence-corrected chi connectivity index (χ0v) is 40.9. The highest BCUT2D eigenvalue weighted by atomic mass is 32.2. The van der Waals surface area contributed by atoms with E-state index in [2.05, 4.69) is 113 Å². The first-order valence-electron chi connectivity index (χ1n) is 23.7. The van der Waals surface area contributed by atoms with Gasteiger partial charge in [-0.2, -0.15) is 0 Å². The molecule has 1 atom stereocenters. The van der Waals surface area contributed by atoms with Crippen molar-refractivity contribution in [3.8, 4) is 0 Å². The number of piperidine rings is 1. The molecule has 64 heavy (non-hydrogen) atoms. The van der Waals surface area contributed by atoms with Crippen LogP contribution in [0.25, 0.3) is 5.57 Å². The van der Waals surface area contributed by atoms with Crippen molar-refractivity contribution in [1.29, 1.82) is 0 Å². The molecule has 0 saturated carbocycles. The molecule has 1 aliphatic carbocycles. The van der Waals surface area contributed by atoms with E-state index in [9.17, 15) is 13.2 Å². The van der Waals surface area contributed by atoms with Crippen molar-refractivity contribution >= 4 is 44.6 Å². The Morgan fingerprint density at radius 2 is 1.53 bits per heavy atom. The quantitative estimate of drug-likeness (QED) is 0.0948. The Labute approximate surface area is 389 Å². The van der Waals surface area contributed by atoms with E-state index in [-0.39, 0.29) is 10.9 Å². The second-order valence-corrected chi connectivity index (χ2v) is 21.8. The summed E-state index contributed by atoms with van der Waals surface area (Å²) in [7, 11) is -4.10. The minimum atomic E-state index is -4.10. The van der Waals surface area contributed by atoms with E-state index in [0.29, 0.717) is 17.0 Å². The molecule has 0 spiro atoms. The van der Waals surface area contributed by atoms with Crippen LogP contribution in [0.2, 0.25) is 0 Å². The molecule has 2 aliphatic heterocycles. The number of nitrogens with zero attached hydrogens (tertiary/aromatic N) is 4. The number of carbonyl (C=O) groups excluding carboxylic acids is 1. The van der Waals surface area contributed by atoms with Crippen LogP contribution in [-0.4, -0.2) is 112 Å². The largest absolute Gasteiger partial charge is 0.381 e. The Morgan fingerprint density at radius 1 is 0.844 bits per heavy atom. The van der Waals surface area contributed by atoms with Gasteiger partial charge in [0.15, 0.2) is 0 Å². The first kappa shape index (κ1) is 47.8. The zero-order valence-electron chi connectivity index (χ0n) is 39.2. The van der Waals surface area contributed by atoms with Gasteiger partial charge in [-0.25, -0.2) is 13.1 Å². The number of hydrogen-bond donors (Lipinski definition) is 2. The molecule has 2 N–H and O–H groups in total. The van der Waals surface area contributed by atoms with Gasteiger partial charge in [0, 0.05) is 78.9 Å². The number of allylic oxidation sites excluding steroid dienone is 1. The molecule has 4 aromatic carbocycles. The molecule has 2 saturated heterocycles. The van der Waals surface area contributed by atoms with Crippen LogP contribution < -0.4 is 14.9 Å². The summed E-state index contributed by atoms with van der Waals surface area (Å²) in [5.41, 5.74) is 9.16. The molecular formula is C53H72N6O3S2. The highest BCUT2D eigenvalue weighted by Gasteiger charge is 2.30. The molecular weight excluding hydrogens is 833 g/mol. The van der Waals surface area contributed by atoms with Crippen LogP contribution in [0.3, 0.4) is 0 Å². The number of likely N-dealkylation sites (tertiary alicyclic amines) is 1. The van der Waals surface area contributed by atoms with E-state index in [1.807, 2.05) is 43.0 Å². The van der Waals surface area contributed by atoms with Crippen molar-refractivity contribution < 1.29 is 13.2 Å². The predicted molar refractivity (Wildman–Crippen MR) is 268 cm³/mol. The van der Waals surface area contributed by atoms with Crippen molar-refractivity contribution in [1.82, 2.24) is 19.4 Å². The maximum atomic E-state index is 13.6. The van der Waals surface area contributed by atoms with Crippen molar-refractivity contribution in [3.63, 3.8) is 0 Å². The van der Waals surface area contributed by atoms with Crippen LogP contribution in [0, 0.1) is 19.3 Å². The van der Waals surface area contributed by atoms with Gasteiger partial charge in [0.2, 0.25) is 0 Å². The Morgan fingerprint density at radius 3 is 2.19 bits per heavy atom. The third-order valence-electron chi connectivity index (χ3n) is 13.8. The Kier molecular flexibility index (Phi) is 16.4. The fraction of sp³-hybridized carbons (Fsp3) is 0.491. The van der Waals surface area contributed by atoms with E-state index < -0.39 is 15.9 Å². The second kappa shape index (κ2) is 21.9. The van der Waals surface area contributed by atoms with Gasteiger partial charge in [-0.05, 0) is 155 Å². The molecule has 9 nitrogen and oxygen atoms in total. The number of sulfonamides is 1. The van der Waals surface area contributed by atoms with Gasteiger partial charge in [0.1, 0.15) is 0 Å². The van der Waals surface area contributed by atoms with Crippen LogP contribution in [0.1, 0.15) is 93.3 Å². The van der Waals surface area contributed by atoms with E-state index in [0.717, 1.165) is 107 Å². The first-order chi connectivity index (χ1) is 30.8. The monoisotopic (exact) mass is 905 g/mol. The smallest absolute Gasteiger partial charge is 0.264 e. The van der Waals surface area contributed by atoms with Gasteiger partial charge >= 0.3 is 0 Å². The molecule has 0 bridgehead atoms. The number of hydrogen-bond acceptors (Lipinski definition) is 9. The summed E-state index contributed by atoms with van der Waals surface area (Å²) in [6.07, 6.45) is 6.87. The van der Waals surface area contributed by atoms with Crippen LogP contribution in [0.5, 0.6) is 0 Å². The first-order valence-corrected chi connectivity index (χ1v) is 26.2. The van der Waals surface area contributed by atoms with Gasteiger partial charge in [0.25, 0.3) is 15.9 Å². The Hall–Kier alpha value is -4.13. The average molecular weight is 905 g/mol. The number of aryl methyl sites for hydroxylation is 2. The number of nitrogens with one attached hydrogen (secondary N) is 2.